The lowest BCUT2D eigenvalue weighted by atomic mass is 10.0. The zero-order valence-electron chi connectivity index (χ0n) is 16.0. The number of hydrogen-bond acceptors (Lipinski definition) is 4. The van der Waals surface area contributed by atoms with Crippen LogP contribution < -0.4 is 10.7 Å². The number of rotatable bonds is 7. The minimum atomic E-state index is -0.520. The first-order chi connectivity index (χ1) is 14.5. The molecule has 2 amide bonds. The lowest BCUT2D eigenvalue weighted by Crippen LogP contribution is -2.32. The molecular weight excluding hydrogens is 446 g/mol. The summed E-state index contributed by atoms with van der Waals surface area (Å²) in [6.07, 6.45) is 1.36. The highest BCUT2D eigenvalue weighted by atomic mass is 79.9. The molecule has 0 aliphatic heterocycles. The van der Waals surface area contributed by atoms with Gasteiger partial charge in [0.25, 0.3) is 5.91 Å². The highest BCUT2D eigenvalue weighted by molar-refractivity contribution is 9.10. The molecular formula is C23H20BrN3O3. The molecule has 0 saturated heterocycles. The van der Waals surface area contributed by atoms with E-state index in [2.05, 4.69) is 31.8 Å². The smallest absolute Gasteiger partial charge is 0.251 e. The van der Waals surface area contributed by atoms with Crippen LogP contribution in [0.2, 0.25) is 0 Å². The Balaban J connectivity index is 1.68. The zero-order chi connectivity index (χ0) is 21.3. The highest BCUT2D eigenvalue weighted by Crippen LogP contribution is 2.20. The van der Waals surface area contributed by atoms with Gasteiger partial charge in [-0.25, -0.2) is 5.43 Å². The molecule has 3 N–H and O–H groups in total. The zero-order valence-corrected chi connectivity index (χ0v) is 17.5. The maximum absolute atomic E-state index is 12.6. The minimum absolute atomic E-state index is 0.00436. The van der Waals surface area contributed by atoms with Crippen molar-refractivity contribution in [2.45, 2.75) is 12.5 Å². The molecule has 0 aromatic heterocycles. The summed E-state index contributed by atoms with van der Waals surface area (Å²) in [5, 5.41) is 16.6. The fourth-order valence-electron chi connectivity index (χ4n) is 2.80. The van der Waals surface area contributed by atoms with E-state index in [0.717, 1.165) is 10.0 Å². The van der Waals surface area contributed by atoms with E-state index in [4.69, 9.17) is 0 Å². The number of benzene rings is 3. The predicted molar refractivity (Wildman–Crippen MR) is 119 cm³/mol. The monoisotopic (exact) mass is 465 g/mol. The predicted octanol–water partition coefficient (Wildman–Crippen LogP) is 4.17. The molecule has 0 saturated carbocycles. The third-order valence-electron chi connectivity index (χ3n) is 4.32. The highest BCUT2D eigenvalue weighted by Gasteiger charge is 2.19. The van der Waals surface area contributed by atoms with E-state index in [-0.39, 0.29) is 24.0 Å². The molecule has 0 spiro atoms. The molecule has 1 atom stereocenters. The molecule has 3 aromatic carbocycles. The molecule has 0 bridgehead atoms. The first-order valence-corrected chi connectivity index (χ1v) is 10.0. The molecule has 0 unspecified atom stereocenters. The fraction of sp³-hybridized carbons (Fsp3) is 0.0870. The summed E-state index contributed by atoms with van der Waals surface area (Å²) in [4.78, 5) is 25.0. The summed E-state index contributed by atoms with van der Waals surface area (Å²) < 4.78 is 0.779. The molecule has 7 heteroatoms. The second-order valence-corrected chi connectivity index (χ2v) is 7.42. The Morgan fingerprint density at radius 2 is 1.67 bits per heavy atom. The minimum Gasteiger partial charge on any atom is -0.507 e. The van der Waals surface area contributed by atoms with E-state index in [1.807, 2.05) is 36.4 Å². The topological polar surface area (TPSA) is 90.8 Å². The van der Waals surface area contributed by atoms with E-state index in [9.17, 15) is 14.7 Å². The van der Waals surface area contributed by atoms with Gasteiger partial charge < -0.3 is 10.4 Å². The van der Waals surface area contributed by atoms with Gasteiger partial charge in [-0.1, -0.05) is 64.5 Å². The average molecular weight is 466 g/mol. The number of nitrogens with zero attached hydrogens (tertiary/aromatic N) is 1. The van der Waals surface area contributed by atoms with Crippen molar-refractivity contribution in [1.29, 1.82) is 0 Å². The van der Waals surface area contributed by atoms with Gasteiger partial charge in [0.2, 0.25) is 5.91 Å². The largest absolute Gasteiger partial charge is 0.507 e. The number of phenolic OH excluding ortho intramolecular Hbond substituents is 1. The molecule has 3 aromatic rings. The molecule has 0 heterocycles. The van der Waals surface area contributed by atoms with Crippen LogP contribution in [0.15, 0.2) is 88.4 Å². The van der Waals surface area contributed by atoms with E-state index in [0.29, 0.717) is 11.1 Å². The van der Waals surface area contributed by atoms with Crippen molar-refractivity contribution in [3.63, 3.8) is 0 Å². The maximum atomic E-state index is 12.6. The van der Waals surface area contributed by atoms with Gasteiger partial charge >= 0.3 is 0 Å². The first kappa shape index (κ1) is 21.3. The summed E-state index contributed by atoms with van der Waals surface area (Å²) in [5.74, 6) is -0.587. The number of aromatic hydroxyl groups is 1. The van der Waals surface area contributed by atoms with Crippen LogP contribution >= 0.6 is 15.9 Å². The number of carbonyl (C=O) groups is 2. The van der Waals surface area contributed by atoms with Crippen molar-refractivity contribution in [2.75, 3.05) is 0 Å². The molecule has 30 heavy (non-hydrogen) atoms. The third-order valence-corrected chi connectivity index (χ3v) is 4.81. The van der Waals surface area contributed by atoms with Gasteiger partial charge in [0.05, 0.1) is 18.7 Å². The van der Waals surface area contributed by atoms with Crippen LogP contribution in [-0.4, -0.2) is 23.1 Å². The average Bonchev–Trinajstić information content (AvgIpc) is 2.77. The fourth-order valence-corrected chi connectivity index (χ4v) is 3.18. The number of hydrazone groups is 1. The van der Waals surface area contributed by atoms with Crippen LogP contribution in [0.5, 0.6) is 5.75 Å². The standard InChI is InChI=1S/C23H20BrN3O3/c24-19-11-12-21(28)18(13-19)15-25-27-22(29)14-20(16-7-3-1-4-8-16)26-23(30)17-9-5-2-6-10-17/h1-13,15,20,28H,14H2,(H,26,30)(H,27,29)/b25-15-/t20-/m0/s1. The summed E-state index contributed by atoms with van der Waals surface area (Å²) >= 11 is 3.32. The Morgan fingerprint density at radius 1 is 1.00 bits per heavy atom. The van der Waals surface area contributed by atoms with Crippen molar-refractivity contribution >= 4 is 34.0 Å². The molecule has 3 rings (SSSR count). The summed E-state index contributed by atoms with van der Waals surface area (Å²) in [5.41, 5.74) is 4.23. The third kappa shape index (κ3) is 6.02. The molecule has 152 valence electrons. The maximum Gasteiger partial charge on any atom is 0.251 e. The lowest BCUT2D eigenvalue weighted by Gasteiger charge is -2.18. The number of carbonyl (C=O) groups excluding carboxylic acids is 2. The van der Waals surface area contributed by atoms with Crippen LogP contribution in [0.3, 0.4) is 0 Å². The Kier molecular flexibility index (Phi) is 7.34. The van der Waals surface area contributed by atoms with Gasteiger partial charge in [0.15, 0.2) is 0 Å². The molecule has 0 radical (unpaired) electrons. The van der Waals surface area contributed by atoms with Crippen molar-refractivity contribution in [3.8, 4) is 5.75 Å². The Morgan fingerprint density at radius 3 is 2.37 bits per heavy atom. The van der Waals surface area contributed by atoms with E-state index in [1.165, 1.54) is 12.3 Å². The van der Waals surface area contributed by atoms with Crippen LogP contribution in [0, 0.1) is 0 Å². The van der Waals surface area contributed by atoms with E-state index in [1.54, 1.807) is 36.4 Å². The number of halogens is 1. The van der Waals surface area contributed by atoms with Crippen molar-refractivity contribution in [1.82, 2.24) is 10.7 Å². The Bertz CT molecular complexity index is 1040. The summed E-state index contributed by atoms with van der Waals surface area (Å²) in [6.45, 7) is 0. The summed E-state index contributed by atoms with van der Waals surface area (Å²) in [7, 11) is 0. The molecule has 0 aliphatic carbocycles. The lowest BCUT2D eigenvalue weighted by molar-refractivity contribution is -0.121. The van der Waals surface area contributed by atoms with Gasteiger partial charge in [-0.15, -0.1) is 0 Å². The van der Waals surface area contributed by atoms with Crippen LogP contribution in [0.25, 0.3) is 0 Å². The van der Waals surface area contributed by atoms with Gasteiger partial charge in [-0.3, -0.25) is 9.59 Å². The second-order valence-electron chi connectivity index (χ2n) is 6.50. The summed E-state index contributed by atoms with van der Waals surface area (Å²) in [6, 6.07) is 22.5. The quantitative estimate of drug-likeness (QED) is 0.361. The number of amides is 2. The van der Waals surface area contributed by atoms with E-state index >= 15 is 0 Å². The van der Waals surface area contributed by atoms with Gasteiger partial charge in [0.1, 0.15) is 5.75 Å². The molecule has 6 nitrogen and oxygen atoms in total. The van der Waals surface area contributed by atoms with E-state index < -0.39 is 6.04 Å². The Labute approximate surface area is 182 Å². The van der Waals surface area contributed by atoms with Gasteiger partial charge in [0, 0.05) is 15.6 Å². The van der Waals surface area contributed by atoms with Gasteiger partial charge in [-0.05, 0) is 35.9 Å². The number of nitrogens with one attached hydrogen (secondary N) is 2. The SMILES string of the molecule is O=C(C[C@H](NC(=O)c1ccccc1)c1ccccc1)N/N=C\c1cc(Br)ccc1O. The number of phenols is 1. The van der Waals surface area contributed by atoms with Crippen molar-refractivity contribution < 1.29 is 14.7 Å². The normalized spacial score (nSPS) is 11.8. The molecule has 0 aliphatic rings. The Hall–Kier alpha value is -3.45. The van der Waals surface area contributed by atoms with Crippen LogP contribution in [0.4, 0.5) is 0 Å². The van der Waals surface area contributed by atoms with Crippen LogP contribution in [-0.2, 0) is 4.79 Å². The molecule has 0 fully saturated rings. The van der Waals surface area contributed by atoms with Crippen molar-refractivity contribution in [2.24, 2.45) is 5.10 Å². The number of hydrogen-bond donors (Lipinski definition) is 3. The van der Waals surface area contributed by atoms with Gasteiger partial charge in [-0.2, -0.15) is 5.10 Å². The second kappa shape index (κ2) is 10.4. The van der Waals surface area contributed by atoms with Crippen LogP contribution in [0.1, 0.15) is 33.9 Å². The van der Waals surface area contributed by atoms with Crippen molar-refractivity contribution in [3.05, 3.63) is 100 Å². The first-order valence-electron chi connectivity index (χ1n) is 9.24.